The Kier molecular flexibility index (Phi) is 6.13. The number of piperidine rings is 1. The summed E-state index contributed by atoms with van der Waals surface area (Å²) in [5, 5.41) is 0.989. The fraction of sp³-hybridized carbons (Fsp3) is 0.375. The highest BCUT2D eigenvalue weighted by Crippen LogP contribution is 2.26. The standard InChI is InChI=1S/C24H26N2O3S/c1-16-14-18(29-2)9-10-19(16)24(28)17-6-5-13-26(15-17)23(27)12-11-22-25-20-7-3-4-8-21(20)30-22/h3-4,7-10,14,17H,5-6,11-13,15H2,1-2H3. The topological polar surface area (TPSA) is 59.5 Å². The molecule has 2 aromatic carbocycles. The number of hydrogen-bond donors (Lipinski definition) is 0. The Bertz CT molecular complexity index is 1040. The van der Waals surface area contributed by atoms with Gasteiger partial charge < -0.3 is 9.64 Å². The van der Waals surface area contributed by atoms with E-state index in [2.05, 4.69) is 11.1 Å². The van der Waals surface area contributed by atoms with E-state index in [-0.39, 0.29) is 17.6 Å². The molecule has 1 atom stereocenters. The number of Topliss-reactive ketones (excluding diaryl/α,β-unsaturated/α-hetero) is 1. The molecule has 1 aliphatic rings. The van der Waals surface area contributed by atoms with Crippen molar-refractivity contribution in [3.63, 3.8) is 0 Å². The zero-order valence-electron chi connectivity index (χ0n) is 17.4. The van der Waals surface area contributed by atoms with Crippen molar-refractivity contribution in [2.24, 2.45) is 5.92 Å². The minimum Gasteiger partial charge on any atom is -0.497 e. The van der Waals surface area contributed by atoms with Gasteiger partial charge in [-0.3, -0.25) is 9.59 Å². The summed E-state index contributed by atoms with van der Waals surface area (Å²) in [5.41, 5.74) is 2.63. The first-order chi connectivity index (χ1) is 14.5. The van der Waals surface area contributed by atoms with Gasteiger partial charge in [-0.1, -0.05) is 12.1 Å². The third-order valence-electron chi connectivity index (χ3n) is 5.73. The van der Waals surface area contributed by atoms with Gasteiger partial charge in [0.1, 0.15) is 5.75 Å². The van der Waals surface area contributed by atoms with Gasteiger partial charge in [0.05, 0.1) is 22.3 Å². The summed E-state index contributed by atoms with van der Waals surface area (Å²) in [6.45, 7) is 3.16. The van der Waals surface area contributed by atoms with Crippen molar-refractivity contribution in [2.75, 3.05) is 20.2 Å². The van der Waals surface area contributed by atoms with Crippen molar-refractivity contribution in [3.8, 4) is 5.75 Å². The Morgan fingerprint density at radius 3 is 2.83 bits per heavy atom. The van der Waals surface area contributed by atoms with E-state index in [9.17, 15) is 9.59 Å². The Morgan fingerprint density at radius 2 is 2.07 bits per heavy atom. The largest absolute Gasteiger partial charge is 0.497 e. The molecular formula is C24H26N2O3S. The van der Waals surface area contributed by atoms with Gasteiger partial charge in [0, 0.05) is 37.4 Å². The number of nitrogens with zero attached hydrogens (tertiary/aromatic N) is 2. The fourth-order valence-electron chi connectivity index (χ4n) is 4.08. The summed E-state index contributed by atoms with van der Waals surface area (Å²) in [4.78, 5) is 32.4. The summed E-state index contributed by atoms with van der Waals surface area (Å²) in [6.07, 6.45) is 2.76. The van der Waals surface area contributed by atoms with E-state index in [1.165, 1.54) is 0 Å². The molecular weight excluding hydrogens is 396 g/mol. The highest BCUT2D eigenvalue weighted by atomic mass is 32.1. The zero-order chi connectivity index (χ0) is 21.1. The number of thiazole rings is 1. The van der Waals surface area contributed by atoms with Crippen LogP contribution in [0.1, 0.15) is 40.2 Å². The second kappa shape index (κ2) is 8.96. The molecule has 1 amide bonds. The molecule has 156 valence electrons. The summed E-state index contributed by atoms with van der Waals surface area (Å²) in [6, 6.07) is 13.6. The average Bonchev–Trinajstić information content (AvgIpc) is 3.20. The molecule has 0 N–H and O–H groups in total. The second-order valence-electron chi connectivity index (χ2n) is 7.80. The van der Waals surface area contributed by atoms with E-state index in [1.807, 2.05) is 48.2 Å². The first-order valence-electron chi connectivity index (χ1n) is 10.4. The lowest BCUT2D eigenvalue weighted by molar-refractivity contribution is -0.132. The third-order valence-corrected chi connectivity index (χ3v) is 6.83. The molecule has 1 unspecified atom stereocenters. The number of ether oxygens (including phenoxy) is 1. The van der Waals surface area contributed by atoms with Crippen molar-refractivity contribution in [2.45, 2.75) is 32.6 Å². The number of carbonyl (C=O) groups excluding carboxylic acids is 2. The molecule has 1 saturated heterocycles. The van der Waals surface area contributed by atoms with E-state index in [0.29, 0.717) is 19.4 Å². The van der Waals surface area contributed by atoms with Crippen LogP contribution in [0.3, 0.4) is 0 Å². The van der Waals surface area contributed by atoms with Crippen LogP contribution in [0.25, 0.3) is 10.2 Å². The SMILES string of the molecule is COc1ccc(C(=O)C2CCCN(C(=O)CCc3nc4ccccc4s3)C2)c(C)c1. The smallest absolute Gasteiger partial charge is 0.223 e. The van der Waals surface area contributed by atoms with E-state index in [4.69, 9.17) is 4.74 Å². The van der Waals surface area contributed by atoms with Crippen molar-refractivity contribution < 1.29 is 14.3 Å². The molecule has 2 heterocycles. The predicted molar refractivity (Wildman–Crippen MR) is 119 cm³/mol. The second-order valence-corrected chi connectivity index (χ2v) is 8.91. The van der Waals surface area contributed by atoms with Crippen molar-refractivity contribution in [1.82, 2.24) is 9.88 Å². The van der Waals surface area contributed by atoms with E-state index >= 15 is 0 Å². The lowest BCUT2D eigenvalue weighted by Gasteiger charge is -2.32. The lowest BCUT2D eigenvalue weighted by atomic mass is 9.88. The molecule has 3 aromatic rings. The number of aromatic nitrogens is 1. The van der Waals surface area contributed by atoms with Crippen LogP contribution in [0, 0.1) is 12.8 Å². The number of likely N-dealkylation sites (tertiary alicyclic amines) is 1. The molecule has 0 radical (unpaired) electrons. The average molecular weight is 423 g/mol. The van der Waals surface area contributed by atoms with Crippen LogP contribution in [-0.2, 0) is 11.2 Å². The molecule has 0 aliphatic carbocycles. The number of amides is 1. The molecule has 0 saturated carbocycles. The number of aryl methyl sites for hydroxylation is 2. The number of rotatable bonds is 6. The van der Waals surface area contributed by atoms with Crippen LogP contribution in [0.4, 0.5) is 0 Å². The van der Waals surface area contributed by atoms with Gasteiger partial charge in [0.15, 0.2) is 5.78 Å². The monoisotopic (exact) mass is 422 g/mol. The summed E-state index contributed by atoms with van der Waals surface area (Å²) in [7, 11) is 1.62. The van der Waals surface area contributed by atoms with Crippen LogP contribution >= 0.6 is 11.3 Å². The zero-order valence-corrected chi connectivity index (χ0v) is 18.2. The Morgan fingerprint density at radius 1 is 1.23 bits per heavy atom. The number of benzene rings is 2. The van der Waals surface area contributed by atoms with Crippen molar-refractivity contribution in [3.05, 3.63) is 58.6 Å². The first kappa shape index (κ1) is 20.5. The maximum absolute atomic E-state index is 13.1. The number of hydrogen-bond acceptors (Lipinski definition) is 5. The van der Waals surface area contributed by atoms with Gasteiger partial charge >= 0.3 is 0 Å². The molecule has 1 aromatic heterocycles. The summed E-state index contributed by atoms with van der Waals surface area (Å²) >= 11 is 1.65. The molecule has 0 bridgehead atoms. The minimum absolute atomic E-state index is 0.109. The quantitative estimate of drug-likeness (QED) is 0.542. The predicted octanol–water partition coefficient (Wildman–Crippen LogP) is 4.67. The van der Waals surface area contributed by atoms with Gasteiger partial charge in [-0.2, -0.15) is 0 Å². The van der Waals surface area contributed by atoms with E-state index in [0.717, 1.165) is 51.5 Å². The molecule has 30 heavy (non-hydrogen) atoms. The third kappa shape index (κ3) is 4.38. The Labute approximate surface area is 180 Å². The van der Waals surface area contributed by atoms with Gasteiger partial charge in [-0.15, -0.1) is 11.3 Å². The van der Waals surface area contributed by atoms with Crippen LogP contribution in [0.2, 0.25) is 0 Å². The minimum atomic E-state index is -0.141. The van der Waals surface area contributed by atoms with Crippen LogP contribution in [-0.4, -0.2) is 41.8 Å². The molecule has 6 heteroatoms. The molecule has 1 aliphatic heterocycles. The van der Waals surface area contributed by atoms with Crippen LogP contribution < -0.4 is 4.74 Å². The molecule has 1 fully saturated rings. The first-order valence-corrected chi connectivity index (χ1v) is 11.2. The number of para-hydroxylation sites is 1. The van der Waals surface area contributed by atoms with Gasteiger partial charge in [-0.05, 0) is 55.7 Å². The Hall–Kier alpha value is -2.73. The fourth-order valence-corrected chi connectivity index (χ4v) is 5.04. The summed E-state index contributed by atoms with van der Waals surface area (Å²) in [5.74, 6) is 0.841. The van der Waals surface area contributed by atoms with Crippen molar-refractivity contribution >= 4 is 33.2 Å². The van der Waals surface area contributed by atoms with Crippen molar-refractivity contribution in [1.29, 1.82) is 0 Å². The highest BCUT2D eigenvalue weighted by molar-refractivity contribution is 7.18. The molecule has 4 rings (SSSR count). The number of fused-ring (bicyclic) bond motifs is 1. The number of ketones is 1. The van der Waals surface area contributed by atoms with Gasteiger partial charge in [0.2, 0.25) is 5.91 Å². The maximum atomic E-state index is 13.1. The highest BCUT2D eigenvalue weighted by Gasteiger charge is 2.29. The number of methoxy groups -OCH3 is 1. The van der Waals surface area contributed by atoms with Gasteiger partial charge in [-0.25, -0.2) is 4.98 Å². The van der Waals surface area contributed by atoms with E-state index < -0.39 is 0 Å². The molecule has 0 spiro atoms. The number of carbonyl (C=O) groups is 2. The van der Waals surface area contributed by atoms with Crippen LogP contribution in [0.15, 0.2) is 42.5 Å². The van der Waals surface area contributed by atoms with Crippen LogP contribution in [0.5, 0.6) is 5.75 Å². The summed E-state index contributed by atoms with van der Waals surface area (Å²) < 4.78 is 6.39. The Balaban J connectivity index is 1.38. The van der Waals surface area contributed by atoms with E-state index in [1.54, 1.807) is 18.4 Å². The maximum Gasteiger partial charge on any atom is 0.223 e. The van der Waals surface area contributed by atoms with Gasteiger partial charge in [0.25, 0.3) is 0 Å². The lowest BCUT2D eigenvalue weighted by Crippen LogP contribution is -2.42. The molecule has 5 nitrogen and oxygen atoms in total. The normalized spacial score (nSPS) is 16.6.